The number of nitrogens with one attached hydrogen (secondary N) is 1. The molecule has 0 saturated heterocycles. The van der Waals surface area contributed by atoms with E-state index in [9.17, 15) is 0 Å². The molecule has 1 N–H and O–H groups in total. The molecular formula is C20H27N. The van der Waals surface area contributed by atoms with Crippen LogP contribution in [-0.4, -0.2) is 7.05 Å². The zero-order valence-corrected chi connectivity index (χ0v) is 13.6. The molecule has 3 rings (SSSR count). The number of rotatable bonds is 4. The monoisotopic (exact) mass is 281 g/mol. The van der Waals surface area contributed by atoms with Crippen LogP contribution in [0.2, 0.25) is 0 Å². The topological polar surface area (TPSA) is 12.0 Å². The molecule has 112 valence electrons. The molecule has 0 aromatic heterocycles. The molecule has 21 heavy (non-hydrogen) atoms. The van der Waals surface area contributed by atoms with Crippen molar-refractivity contribution in [3.05, 3.63) is 47.5 Å². The average molecular weight is 281 g/mol. The fraction of sp³-hybridized carbons (Fsp3) is 0.500. The second kappa shape index (κ2) is 5.81. The Labute approximate surface area is 128 Å². The van der Waals surface area contributed by atoms with Crippen molar-refractivity contribution < 1.29 is 0 Å². The molecule has 2 aromatic rings. The van der Waals surface area contributed by atoms with Crippen molar-refractivity contribution in [2.24, 2.45) is 5.41 Å². The highest BCUT2D eigenvalue weighted by molar-refractivity contribution is 5.89. The van der Waals surface area contributed by atoms with Gasteiger partial charge >= 0.3 is 0 Å². The Morgan fingerprint density at radius 2 is 1.71 bits per heavy atom. The van der Waals surface area contributed by atoms with E-state index in [1.165, 1.54) is 54.0 Å². The summed E-state index contributed by atoms with van der Waals surface area (Å²) in [6.45, 7) is 4.58. The van der Waals surface area contributed by atoms with Gasteiger partial charge in [-0.05, 0) is 60.5 Å². The van der Waals surface area contributed by atoms with Crippen LogP contribution in [0.4, 0.5) is 0 Å². The maximum atomic E-state index is 3.66. The molecule has 0 radical (unpaired) electrons. The van der Waals surface area contributed by atoms with Crippen molar-refractivity contribution in [2.45, 2.75) is 52.0 Å². The standard InChI is InChI=1S/C20H27N/c1-4-20(13-7-8-14-20)19(21-3)18-12-11-15(2)16-9-5-6-10-17(16)18/h5-6,9-12,19,21H,4,7-8,13-14H2,1-3H3. The minimum atomic E-state index is 0.437. The Morgan fingerprint density at radius 1 is 1.05 bits per heavy atom. The highest BCUT2D eigenvalue weighted by Gasteiger charge is 2.40. The van der Waals surface area contributed by atoms with Gasteiger partial charge in [-0.2, -0.15) is 0 Å². The van der Waals surface area contributed by atoms with E-state index < -0.39 is 0 Å². The number of fused-ring (bicyclic) bond motifs is 1. The molecule has 0 amide bonds. The first-order valence-corrected chi connectivity index (χ1v) is 8.37. The molecule has 1 nitrogen and oxygen atoms in total. The lowest BCUT2D eigenvalue weighted by Gasteiger charge is -2.38. The summed E-state index contributed by atoms with van der Waals surface area (Å²) in [6.07, 6.45) is 6.75. The van der Waals surface area contributed by atoms with Gasteiger partial charge in [0.05, 0.1) is 0 Å². The number of aryl methyl sites for hydroxylation is 1. The van der Waals surface area contributed by atoms with Gasteiger partial charge in [0.2, 0.25) is 0 Å². The largest absolute Gasteiger partial charge is 0.313 e. The predicted molar refractivity (Wildman–Crippen MR) is 91.7 cm³/mol. The van der Waals surface area contributed by atoms with Crippen LogP contribution in [0.3, 0.4) is 0 Å². The first-order chi connectivity index (χ1) is 10.2. The van der Waals surface area contributed by atoms with Gasteiger partial charge in [0.15, 0.2) is 0 Å². The van der Waals surface area contributed by atoms with Crippen LogP contribution >= 0.6 is 0 Å². The molecule has 2 aromatic carbocycles. The fourth-order valence-electron chi connectivity index (χ4n) is 4.44. The molecule has 1 aliphatic rings. The van der Waals surface area contributed by atoms with Gasteiger partial charge in [0.25, 0.3) is 0 Å². The maximum absolute atomic E-state index is 3.66. The lowest BCUT2D eigenvalue weighted by molar-refractivity contribution is 0.196. The van der Waals surface area contributed by atoms with Crippen LogP contribution in [0.15, 0.2) is 36.4 Å². The normalized spacial score (nSPS) is 19.0. The van der Waals surface area contributed by atoms with E-state index in [0.29, 0.717) is 11.5 Å². The molecule has 1 unspecified atom stereocenters. The van der Waals surface area contributed by atoms with Crippen LogP contribution in [0.25, 0.3) is 10.8 Å². The fourth-order valence-corrected chi connectivity index (χ4v) is 4.44. The van der Waals surface area contributed by atoms with E-state index in [2.05, 4.69) is 62.6 Å². The van der Waals surface area contributed by atoms with Gasteiger partial charge in [0, 0.05) is 6.04 Å². The van der Waals surface area contributed by atoms with Gasteiger partial charge in [-0.25, -0.2) is 0 Å². The van der Waals surface area contributed by atoms with Crippen molar-refractivity contribution in [2.75, 3.05) is 7.05 Å². The van der Waals surface area contributed by atoms with Crippen molar-refractivity contribution >= 4 is 10.8 Å². The third-order valence-electron chi connectivity index (χ3n) is 5.69. The Hall–Kier alpha value is -1.34. The van der Waals surface area contributed by atoms with Crippen LogP contribution in [0, 0.1) is 12.3 Å². The molecular weight excluding hydrogens is 254 g/mol. The molecule has 0 heterocycles. The molecule has 1 fully saturated rings. The van der Waals surface area contributed by atoms with E-state index in [4.69, 9.17) is 0 Å². The zero-order chi connectivity index (χ0) is 14.9. The third-order valence-corrected chi connectivity index (χ3v) is 5.69. The van der Waals surface area contributed by atoms with Gasteiger partial charge in [-0.15, -0.1) is 0 Å². The lowest BCUT2D eigenvalue weighted by Crippen LogP contribution is -2.34. The van der Waals surface area contributed by atoms with E-state index in [1.54, 1.807) is 0 Å². The SMILES string of the molecule is CCC1(C(NC)c2ccc(C)c3ccccc23)CCCC1. The van der Waals surface area contributed by atoms with E-state index >= 15 is 0 Å². The van der Waals surface area contributed by atoms with Crippen molar-refractivity contribution in [3.63, 3.8) is 0 Å². The Balaban J connectivity index is 2.15. The maximum Gasteiger partial charge on any atom is 0.0380 e. The van der Waals surface area contributed by atoms with Gasteiger partial charge in [-0.3, -0.25) is 0 Å². The average Bonchev–Trinajstić information content (AvgIpc) is 3.00. The molecule has 1 aliphatic carbocycles. The van der Waals surface area contributed by atoms with Gasteiger partial charge < -0.3 is 5.32 Å². The first-order valence-electron chi connectivity index (χ1n) is 8.37. The highest BCUT2D eigenvalue weighted by Crippen LogP contribution is 2.51. The van der Waals surface area contributed by atoms with Crippen molar-refractivity contribution in [1.82, 2.24) is 5.32 Å². The molecule has 1 heteroatoms. The summed E-state index contributed by atoms with van der Waals surface area (Å²) in [4.78, 5) is 0. The summed E-state index contributed by atoms with van der Waals surface area (Å²) in [5, 5.41) is 6.49. The van der Waals surface area contributed by atoms with Crippen LogP contribution in [0.5, 0.6) is 0 Å². The van der Waals surface area contributed by atoms with E-state index in [0.717, 1.165) is 0 Å². The molecule has 1 atom stereocenters. The van der Waals surface area contributed by atoms with Crippen LogP contribution in [0.1, 0.15) is 56.2 Å². The minimum Gasteiger partial charge on any atom is -0.313 e. The highest BCUT2D eigenvalue weighted by atomic mass is 14.9. The predicted octanol–water partition coefficient (Wildman–Crippen LogP) is 5.38. The molecule has 0 aliphatic heterocycles. The number of benzene rings is 2. The van der Waals surface area contributed by atoms with Gasteiger partial charge in [-0.1, -0.05) is 56.2 Å². The molecule has 1 saturated carbocycles. The Morgan fingerprint density at radius 3 is 2.33 bits per heavy atom. The summed E-state index contributed by atoms with van der Waals surface area (Å²) in [5.74, 6) is 0. The van der Waals surface area contributed by atoms with Crippen molar-refractivity contribution in [1.29, 1.82) is 0 Å². The second-order valence-corrected chi connectivity index (χ2v) is 6.66. The minimum absolute atomic E-state index is 0.437. The Bertz CT molecular complexity index is 623. The molecule has 0 bridgehead atoms. The van der Waals surface area contributed by atoms with Crippen LogP contribution < -0.4 is 5.32 Å². The Kier molecular flexibility index (Phi) is 4.03. The number of hydrogen-bond donors (Lipinski definition) is 1. The van der Waals surface area contributed by atoms with Crippen molar-refractivity contribution in [3.8, 4) is 0 Å². The lowest BCUT2D eigenvalue weighted by atomic mass is 9.72. The number of hydrogen-bond acceptors (Lipinski definition) is 1. The summed E-state index contributed by atoms with van der Waals surface area (Å²) in [7, 11) is 2.13. The summed E-state index contributed by atoms with van der Waals surface area (Å²) >= 11 is 0. The quantitative estimate of drug-likeness (QED) is 0.793. The molecule has 0 spiro atoms. The zero-order valence-electron chi connectivity index (χ0n) is 13.6. The summed E-state index contributed by atoms with van der Waals surface area (Å²) in [5.41, 5.74) is 3.30. The van der Waals surface area contributed by atoms with Crippen LogP contribution in [-0.2, 0) is 0 Å². The summed E-state index contributed by atoms with van der Waals surface area (Å²) < 4.78 is 0. The van der Waals surface area contributed by atoms with E-state index in [-0.39, 0.29) is 0 Å². The second-order valence-electron chi connectivity index (χ2n) is 6.66. The van der Waals surface area contributed by atoms with Gasteiger partial charge in [0.1, 0.15) is 0 Å². The first kappa shape index (κ1) is 14.6. The summed E-state index contributed by atoms with van der Waals surface area (Å²) in [6, 6.07) is 14.0. The third kappa shape index (κ3) is 2.38. The van der Waals surface area contributed by atoms with E-state index in [1.807, 2.05) is 0 Å². The smallest absolute Gasteiger partial charge is 0.0380 e.